The van der Waals surface area contributed by atoms with Crippen LogP contribution in [0, 0.1) is 5.41 Å². The van der Waals surface area contributed by atoms with Gasteiger partial charge >= 0.3 is 0 Å². The second-order valence-corrected chi connectivity index (χ2v) is 3.67. The van der Waals surface area contributed by atoms with Crippen molar-refractivity contribution in [3.63, 3.8) is 0 Å². The Morgan fingerprint density at radius 1 is 1.54 bits per heavy atom. The molecule has 0 aromatic rings. The third kappa shape index (κ3) is 2.65. The van der Waals surface area contributed by atoms with Gasteiger partial charge in [0.05, 0.1) is 18.0 Å². The van der Waals surface area contributed by atoms with Crippen LogP contribution in [0.25, 0.3) is 0 Å². The fourth-order valence-corrected chi connectivity index (χ4v) is 1.61. The number of hydrogen-bond donors (Lipinski definition) is 4. The van der Waals surface area contributed by atoms with Gasteiger partial charge in [-0.25, -0.2) is 0 Å². The minimum atomic E-state index is -0.658. The number of aliphatic hydroxyl groups excluding tert-OH is 2. The van der Waals surface area contributed by atoms with Crippen molar-refractivity contribution in [2.45, 2.75) is 31.6 Å². The number of nitrogens with zero attached hydrogens (tertiary/aromatic N) is 1. The first-order chi connectivity index (χ1) is 6.00. The van der Waals surface area contributed by atoms with E-state index < -0.39 is 12.2 Å². The molecule has 13 heavy (non-hydrogen) atoms. The average molecular weight is 187 g/mol. The summed E-state index contributed by atoms with van der Waals surface area (Å²) in [5.74, 6) is 0.142. The van der Waals surface area contributed by atoms with Crippen molar-refractivity contribution >= 4 is 5.84 Å². The summed E-state index contributed by atoms with van der Waals surface area (Å²) >= 11 is 0. The molecule has 0 saturated carbocycles. The van der Waals surface area contributed by atoms with E-state index in [0.717, 1.165) is 0 Å². The molecule has 0 aromatic carbocycles. The molecule has 5 nitrogen and oxygen atoms in total. The smallest absolute Gasteiger partial charge is 0.0938 e. The van der Waals surface area contributed by atoms with Crippen molar-refractivity contribution in [1.82, 2.24) is 4.90 Å². The molecule has 1 aliphatic heterocycles. The fourth-order valence-electron chi connectivity index (χ4n) is 1.61. The molecular weight excluding hydrogens is 170 g/mol. The summed E-state index contributed by atoms with van der Waals surface area (Å²) in [7, 11) is 0. The van der Waals surface area contributed by atoms with Gasteiger partial charge in [-0.2, -0.15) is 0 Å². The van der Waals surface area contributed by atoms with Crippen LogP contribution < -0.4 is 5.73 Å². The van der Waals surface area contributed by atoms with Gasteiger partial charge in [0.25, 0.3) is 0 Å². The Morgan fingerprint density at radius 2 is 2.00 bits per heavy atom. The molecule has 3 unspecified atom stereocenters. The average Bonchev–Trinajstić information content (AvgIpc) is 2.31. The largest absolute Gasteiger partial charge is 0.389 e. The lowest BCUT2D eigenvalue weighted by atomic mass is 10.2. The number of hydrogen-bond acceptors (Lipinski definition) is 4. The van der Waals surface area contributed by atoms with Crippen LogP contribution >= 0.6 is 0 Å². The predicted octanol–water partition coefficient (Wildman–Crippen LogP) is -1.26. The van der Waals surface area contributed by atoms with E-state index in [1.165, 1.54) is 0 Å². The quantitative estimate of drug-likeness (QED) is 0.327. The zero-order chi connectivity index (χ0) is 10.0. The van der Waals surface area contributed by atoms with Crippen LogP contribution in [0.15, 0.2) is 0 Å². The highest BCUT2D eigenvalue weighted by atomic mass is 16.3. The fraction of sp³-hybridized carbons (Fsp3) is 0.875. The van der Waals surface area contributed by atoms with Crippen molar-refractivity contribution in [3.8, 4) is 0 Å². The molecule has 1 rings (SSSR count). The Morgan fingerprint density at radius 3 is 2.38 bits per heavy atom. The van der Waals surface area contributed by atoms with Crippen LogP contribution in [0.5, 0.6) is 0 Å². The van der Waals surface area contributed by atoms with Gasteiger partial charge < -0.3 is 15.9 Å². The van der Waals surface area contributed by atoms with E-state index in [1.54, 1.807) is 0 Å². The number of likely N-dealkylation sites (tertiary alicyclic amines) is 1. The van der Waals surface area contributed by atoms with Gasteiger partial charge in [0, 0.05) is 25.6 Å². The molecule has 0 aromatic heterocycles. The van der Waals surface area contributed by atoms with Crippen LogP contribution in [-0.4, -0.2) is 52.3 Å². The SMILES string of the molecule is CC(CC(=N)N)N1CC(O)C(O)C1. The second-order valence-electron chi connectivity index (χ2n) is 3.67. The van der Waals surface area contributed by atoms with E-state index in [-0.39, 0.29) is 11.9 Å². The maximum absolute atomic E-state index is 9.27. The number of amidine groups is 1. The van der Waals surface area contributed by atoms with Crippen molar-refractivity contribution in [1.29, 1.82) is 5.41 Å². The van der Waals surface area contributed by atoms with E-state index in [1.807, 2.05) is 11.8 Å². The standard InChI is InChI=1S/C8H17N3O2/c1-5(2-8(9)10)11-3-6(12)7(13)4-11/h5-7,12-13H,2-4H2,1H3,(H3,9,10). The molecule has 0 bridgehead atoms. The van der Waals surface area contributed by atoms with Crippen LogP contribution in [0.4, 0.5) is 0 Å². The number of aliphatic hydroxyl groups is 2. The molecule has 1 aliphatic rings. The zero-order valence-electron chi connectivity index (χ0n) is 7.77. The Hall–Kier alpha value is -0.650. The van der Waals surface area contributed by atoms with Gasteiger partial charge in [0.1, 0.15) is 0 Å². The van der Waals surface area contributed by atoms with Crippen molar-refractivity contribution in [2.75, 3.05) is 13.1 Å². The molecule has 1 fully saturated rings. The molecule has 1 heterocycles. The second kappa shape index (κ2) is 4.04. The minimum absolute atomic E-state index is 0.115. The van der Waals surface area contributed by atoms with Gasteiger partial charge in [-0.1, -0.05) is 0 Å². The molecule has 0 aliphatic carbocycles. The van der Waals surface area contributed by atoms with Gasteiger partial charge in [-0.05, 0) is 6.92 Å². The Kier molecular flexibility index (Phi) is 3.24. The molecule has 5 N–H and O–H groups in total. The van der Waals surface area contributed by atoms with E-state index in [4.69, 9.17) is 11.1 Å². The highest BCUT2D eigenvalue weighted by Gasteiger charge is 2.32. The number of rotatable bonds is 3. The first-order valence-electron chi connectivity index (χ1n) is 4.43. The molecule has 0 radical (unpaired) electrons. The minimum Gasteiger partial charge on any atom is -0.389 e. The third-order valence-electron chi connectivity index (χ3n) is 2.43. The van der Waals surface area contributed by atoms with Crippen LogP contribution in [0.1, 0.15) is 13.3 Å². The Labute approximate surface area is 77.7 Å². The summed E-state index contributed by atoms with van der Waals surface area (Å²) in [6, 6.07) is 0.115. The summed E-state index contributed by atoms with van der Waals surface area (Å²) in [5, 5.41) is 25.7. The lowest BCUT2D eigenvalue weighted by Gasteiger charge is -2.22. The number of nitrogens with two attached hydrogens (primary N) is 1. The summed E-state index contributed by atoms with van der Waals surface area (Å²) in [4.78, 5) is 1.94. The number of β-amino-alcohol motifs (C(OH)–C–C–N with tert-alkyl or cyclic N) is 2. The summed E-state index contributed by atoms with van der Waals surface area (Å²) in [6.45, 7) is 2.87. The lowest BCUT2D eigenvalue weighted by Crippen LogP contribution is -2.35. The van der Waals surface area contributed by atoms with Crippen molar-refractivity contribution in [3.05, 3.63) is 0 Å². The van der Waals surface area contributed by atoms with Gasteiger partial charge in [0.2, 0.25) is 0 Å². The van der Waals surface area contributed by atoms with E-state index in [2.05, 4.69) is 0 Å². The first kappa shape index (κ1) is 10.4. The molecule has 76 valence electrons. The summed E-state index contributed by atoms with van der Waals surface area (Å²) in [5.41, 5.74) is 5.26. The van der Waals surface area contributed by atoms with Gasteiger partial charge in [-0.15, -0.1) is 0 Å². The molecule has 1 saturated heterocycles. The predicted molar refractivity (Wildman–Crippen MR) is 49.6 cm³/mol. The zero-order valence-corrected chi connectivity index (χ0v) is 7.77. The normalized spacial score (nSPS) is 31.9. The van der Waals surface area contributed by atoms with Gasteiger partial charge in [-0.3, -0.25) is 10.3 Å². The summed E-state index contributed by atoms with van der Waals surface area (Å²) < 4.78 is 0. The van der Waals surface area contributed by atoms with E-state index in [9.17, 15) is 10.2 Å². The molecular formula is C8H17N3O2. The number of nitrogens with one attached hydrogen (secondary N) is 1. The Bertz CT molecular complexity index is 188. The van der Waals surface area contributed by atoms with Crippen molar-refractivity contribution < 1.29 is 10.2 Å². The maximum Gasteiger partial charge on any atom is 0.0938 e. The Balaban J connectivity index is 2.41. The van der Waals surface area contributed by atoms with Gasteiger partial charge in [0.15, 0.2) is 0 Å². The molecule has 5 heteroatoms. The monoisotopic (exact) mass is 187 g/mol. The molecule has 0 amide bonds. The maximum atomic E-state index is 9.27. The highest BCUT2D eigenvalue weighted by Crippen LogP contribution is 2.14. The van der Waals surface area contributed by atoms with Crippen LogP contribution in [-0.2, 0) is 0 Å². The topological polar surface area (TPSA) is 93.6 Å². The van der Waals surface area contributed by atoms with Crippen LogP contribution in [0.3, 0.4) is 0 Å². The van der Waals surface area contributed by atoms with E-state index >= 15 is 0 Å². The first-order valence-corrected chi connectivity index (χ1v) is 4.43. The van der Waals surface area contributed by atoms with E-state index in [0.29, 0.717) is 19.5 Å². The molecule has 3 atom stereocenters. The summed E-state index contributed by atoms with van der Waals surface area (Å²) in [6.07, 6.45) is -0.830. The van der Waals surface area contributed by atoms with Crippen molar-refractivity contribution in [2.24, 2.45) is 5.73 Å². The van der Waals surface area contributed by atoms with Crippen LogP contribution in [0.2, 0.25) is 0 Å². The third-order valence-corrected chi connectivity index (χ3v) is 2.43. The highest BCUT2D eigenvalue weighted by molar-refractivity contribution is 5.77. The molecule has 0 spiro atoms. The lowest BCUT2D eigenvalue weighted by molar-refractivity contribution is 0.0572.